The molecule has 1 atom stereocenters. The van der Waals surface area contributed by atoms with Crippen molar-refractivity contribution >= 4 is 28.5 Å². The summed E-state index contributed by atoms with van der Waals surface area (Å²) in [6.45, 7) is 8.13. The van der Waals surface area contributed by atoms with Crippen LogP contribution in [-0.4, -0.2) is 61.7 Å². The maximum Gasteiger partial charge on any atom is 0.290 e. The molecule has 8 heteroatoms. The van der Waals surface area contributed by atoms with Gasteiger partial charge in [0, 0.05) is 31.2 Å². The van der Waals surface area contributed by atoms with Crippen LogP contribution in [-0.2, 0) is 4.74 Å². The van der Waals surface area contributed by atoms with Gasteiger partial charge in [-0.1, -0.05) is 36.4 Å². The monoisotopic (exact) mass is 480 g/mol. The van der Waals surface area contributed by atoms with Gasteiger partial charge >= 0.3 is 0 Å². The van der Waals surface area contributed by atoms with Crippen molar-refractivity contribution in [2.75, 3.05) is 46.0 Å². The van der Waals surface area contributed by atoms with Gasteiger partial charge in [-0.15, -0.1) is 0 Å². The third-order valence-corrected chi connectivity index (χ3v) is 6.47. The molecule has 0 saturated carbocycles. The molecule has 2 aromatic carbocycles. The van der Waals surface area contributed by atoms with E-state index in [4.69, 9.17) is 25.5 Å². The van der Waals surface area contributed by atoms with Gasteiger partial charge in [0.1, 0.15) is 17.9 Å². The zero-order valence-electron chi connectivity index (χ0n) is 18.7. The van der Waals surface area contributed by atoms with E-state index in [1.807, 2.05) is 24.3 Å². The van der Waals surface area contributed by atoms with Gasteiger partial charge in [0.15, 0.2) is 5.43 Å². The van der Waals surface area contributed by atoms with Crippen molar-refractivity contribution in [2.45, 2.75) is 6.04 Å². The lowest BCUT2D eigenvalue weighted by Crippen LogP contribution is -2.42. The van der Waals surface area contributed by atoms with E-state index < -0.39 is 6.04 Å². The van der Waals surface area contributed by atoms with E-state index in [0.717, 1.165) is 18.7 Å². The van der Waals surface area contributed by atoms with E-state index in [9.17, 15) is 9.59 Å². The lowest BCUT2D eigenvalue weighted by Gasteiger charge is -2.31. The Labute approximate surface area is 202 Å². The van der Waals surface area contributed by atoms with Crippen LogP contribution in [0.4, 0.5) is 0 Å². The van der Waals surface area contributed by atoms with Gasteiger partial charge < -0.3 is 18.8 Å². The van der Waals surface area contributed by atoms with Crippen LogP contribution >= 0.6 is 11.6 Å². The lowest BCUT2D eigenvalue weighted by atomic mass is 9.98. The second kappa shape index (κ2) is 9.62. The van der Waals surface area contributed by atoms with Gasteiger partial charge in [0.2, 0.25) is 5.76 Å². The minimum atomic E-state index is -0.588. The van der Waals surface area contributed by atoms with Gasteiger partial charge in [-0.3, -0.25) is 14.5 Å². The topological polar surface area (TPSA) is 72.2 Å². The zero-order chi connectivity index (χ0) is 23.7. The van der Waals surface area contributed by atoms with Gasteiger partial charge in [0.05, 0.1) is 30.2 Å². The SMILES string of the molecule is C=CCOc1cccc(C2c3c(oc4ccc(Cl)cc4c3=O)C(=O)N2CCN2CCOCC2)c1. The highest BCUT2D eigenvalue weighted by atomic mass is 35.5. The summed E-state index contributed by atoms with van der Waals surface area (Å²) < 4.78 is 17.1. The van der Waals surface area contributed by atoms with Gasteiger partial charge in [-0.25, -0.2) is 0 Å². The smallest absolute Gasteiger partial charge is 0.290 e. The Morgan fingerprint density at radius 2 is 1.94 bits per heavy atom. The number of ether oxygens (including phenoxy) is 2. The molecule has 176 valence electrons. The molecule has 3 aromatic rings. The standard InChI is InChI=1S/C26H25ClN2O5/c1-2-12-33-19-5-3-4-17(15-19)23-22-24(30)20-16-18(27)6-7-21(20)34-25(22)26(31)29(23)9-8-28-10-13-32-14-11-28/h2-7,15-16,23H,1,8-14H2. The molecule has 0 spiro atoms. The minimum Gasteiger partial charge on any atom is -0.490 e. The van der Waals surface area contributed by atoms with Crippen molar-refractivity contribution in [3.8, 4) is 5.75 Å². The zero-order valence-corrected chi connectivity index (χ0v) is 19.4. The third kappa shape index (κ3) is 4.22. The van der Waals surface area contributed by atoms with Crippen molar-refractivity contribution in [1.29, 1.82) is 0 Å². The number of fused-ring (bicyclic) bond motifs is 2. The van der Waals surface area contributed by atoms with Crippen LogP contribution in [0.15, 0.2) is 64.3 Å². The van der Waals surface area contributed by atoms with Crippen molar-refractivity contribution in [3.05, 3.63) is 87.3 Å². The van der Waals surface area contributed by atoms with Crippen LogP contribution in [0.25, 0.3) is 11.0 Å². The first kappa shape index (κ1) is 22.7. The highest BCUT2D eigenvalue weighted by molar-refractivity contribution is 6.31. The molecule has 2 aliphatic heterocycles. The summed E-state index contributed by atoms with van der Waals surface area (Å²) in [4.78, 5) is 31.2. The third-order valence-electron chi connectivity index (χ3n) is 6.23. The van der Waals surface area contributed by atoms with E-state index >= 15 is 0 Å². The highest BCUT2D eigenvalue weighted by Crippen LogP contribution is 2.39. The van der Waals surface area contributed by atoms with E-state index in [1.165, 1.54) is 0 Å². The van der Waals surface area contributed by atoms with Crippen molar-refractivity contribution in [2.24, 2.45) is 0 Å². The molecule has 0 N–H and O–H groups in total. The molecule has 0 bridgehead atoms. The quantitative estimate of drug-likeness (QED) is 0.478. The molecule has 1 fully saturated rings. The molecule has 1 unspecified atom stereocenters. The van der Waals surface area contributed by atoms with E-state index in [0.29, 0.717) is 60.2 Å². The Morgan fingerprint density at radius 3 is 2.74 bits per heavy atom. The molecule has 34 heavy (non-hydrogen) atoms. The average molecular weight is 481 g/mol. The Balaban J connectivity index is 1.59. The Morgan fingerprint density at radius 1 is 1.12 bits per heavy atom. The molecule has 3 heterocycles. The van der Waals surface area contributed by atoms with Crippen LogP contribution in [0.1, 0.15) is 27.7 Å². The number of rotatable bonds is 7. The average Bonchev–Trinajstić information content (AvgIpc) is 3.14. The van der Waals surface area contributed by atoms with Crippen molar-refractivity contribution < 1.29 is 18.7 Å². The Hall–Kier alpha value is -3.13. The molecule has 1 aromatic heterocycles. The largest absolute Gasteiger partial charge is 0.490 e. The Bertz CT molecular complexity index is 1300. The molecule has 2 aliphatic rings. The number of morpholine rings is 1. The highest BCUT2D eigenvalue weighted by Gasteiger charge is 2.42. The first-order valence-corrected chi connectivity index (χ1v) is 11.7. The fourth-order valence-electron chi connectivity index (χ4n) is 4.57. The second-order valence-electron chi connectivity index (χ2n) is 8.34. The molecule has 0 radical (unpaired) electrons. The summed E-state index contributed by atoms with van der Waals surface area (Å²) in [6, 6.07) is 11.7. The van der Waals surface area contributed by atoms with Gasteiger partial charge in [-0.05, 0) is 35.9 Å². The summed E-state index contributed by atoms with van der Waals surface area (Å²) in [5.41, 5.74) is 1.22. The predicted octanol–water partition coefficient (Wildman–Crippen LogP) is 3.89. The minimum absolute atomic E-state index is 0.0872. The Kier molecular flexibility index (Phi) is 6.41. The summed E-state index contributed by atoms with van der Waals surface area (Å²) in [5, 5.41) is 0.794. The van der Waals surface area contributed by atoms with Crippen LogP contribution < -0.4 is 10.2 Å². The maximum absolute atomic E-state index is 13.6. The molecule has 5 rings (SSSR count). The fraction of sp³-hybridized carbons (Fsp3) is 0.308. The molecule has 1 amide bonds. The maximum atomic E-state index is 13.6. The molecule has 7 nitrogen and oxygen atoms in total. The fourth-order valence-corrected chi connectivity index (χ4v) is 4.75. The molecule has 0 aliphatic carbocycles. The first-order chi connectivity index (χ1) is 16.6. The van der Waals surface area contributed by atoms with Crippen LogP contribution in [0.5, 0.6) is 5.75 Å². The molecule has 1 saturated heterocycles. The first-order valence-electron chi connectivity index (χ1n) is 11.3. The van der Waals surface area contributed by atoms with Crippen LogP contribution in [0, 0.1) is 0 Å². The van der Waals surface area contributed by atoms with Gasteiger partial charge in [0.25, 0.3) is 5.91 Å². The van der Waals surface area contributed by atoms with E-state index in [2.05, 4.69) is 11.5 Å². The van der Waals surface area contributed by atoms with E-state index in [-0.39, 0.29) is 17.1 Å². The number of carbonyl (C=O) groups excluding carboxylic acids is 1. The number of nitrogens with zero attached hydrogens (tertiary/aromatic N) is 2. The predicted molar refractivity (Wildman–Crippen MR) is 130 cm³/mol. The second-order valence-corrected chi connectivity index (χ2v) is 8.78. The summed E-state index contributed by atoms with van der Waals surface area (Å²) >= 11 is 6.16. The lowest BCUT2D eigenvalue weighted by molar-refractivity contribution is 0.0314. The molecular formula is C26H25ClN2O5. The number of hydrogen-bond acceptors (Lipinski definition) is 6. The summed E-state index contributed by atoms with van der Waals surface area (Å²) in [7, 11) is 0. The van der Waals surface area contributed by atoms with Crippen molar-refractivity contribution in [3.63, 3.8) is 0 Å². The summed E-state index contributed by atoms with van der Waals surface area (Å²) in [6.07, 6.45) is 1.67. The van der Waals surface area contributed by atoms with E-state index in [1.54, 1.807) is 29.2 Å². The van der Waals surface area contributed by atoms with Crippen molar-refractivity contribution in [1.82, 2.24) is 9.80 Å². The van der Waals surface area contributed by atoms with Gasteiger partial charge in [-0.2, -0.15) is 0 Å². The number of benzene rings is 2. The van der Waals surface area contributed by atoms with Crippen LogP contribution in [0.2, 0.25) is 5.02 Å². The van der Waals surface area contributed by atoms with Crippen LogP contribution in [0.3, 0.4) is 0 Å². The summed E-state index contributed by atoms with van der Waals surface area (Å²) in [5.74, 6) is 0.434. The molecular weight excluding hydrogens is 456 g/mol. The number of carbonyl (C=O) groups is 1. The normalized spacial score (nSPS) is 18.3. The number of amides is 1. The number of hydrogen-bond donors (Lipinski definition) is 0. The number of halogens is 1.